The van der Waals surface area contributed by atoms with Crippen molar-refractivity contribution in [3.63, 3.8) is 0 Å². The SMILES string of the molecule is O=C1CNC(c2ccccc2)N1CCCOCC1CC1. The summed E-state index contributed by atoms with van der Waals surface area (Å²) in [5.74, 6) is 0.989. The van der Waals surface area contributed by atoms with E-state index in [0.29, 0.717) is 6.54 Å². The Morgan fingerprint density at radius 2 is 2.05 bits per heavy atom. The van der Waals surface area contributed by atoms with Gasteiger partial charge in [-0.1, -0.05) is 30.3 Å². The summed E-state index contributed by atoms with van der Waals surface area (Å²) in [5.41, 5.74) is 1.15. The van der Waals surface area contributed by atoms with Gasteiger partial charge in [-0.3, -0.25) is 10.1 Å². The maximum atomic E-state index is 12.0. The molecule has 0 spiro atoms. The molecule has 0 radical (unpaired) electrons. The molecule has 4 nitrogen and oxygen atoms in total. The van der Waals surface area contributed by atoms with Crippen LogP contribution in [0.2, 0.25) is 0 Å². The molecule has 1 aliphatic carbocycles. The van der Waals surface area contributed by atoms with Crippen molar-refractivity contribution >= 4 is 5.91 Å². The van der Waals surface area contributed by atoms with Gasteiger partial charge in [0.15, 0.2) is 0 Å². The number of hydrogen-bond donors (Lipinski definition) is 1. The molecule has 1 unspecified atom stereocenters. The maximum Gasteiger partial charge on any atom is 0.238 e. The first-order valence-corrected chi connectivity index (χ1v) is 7.50. The molecule has 4 heteroatoms. The fourth-order valence-electron chi connectivity index (χ4n) is 2.60. The van der Waals surface area contributed by atoms with Crippen molar-refractivity contribution in [1.29, 1.82) is 0 Å². The van der Waals surface area contributed by atoms with Crippen LogP contribution in [-0.4, -0.2) is 37.1 Å². The van der Waals surface area contributed by atoms with Gasteiger partial charge in [-0.05, 0) is 30.7 Å². The Bertz CT molecular complexity index is 445. The standard InChI is InChI=1S/C16H22N2O2/c19-15-11-17-16(14-5-2-1-3-6-14)18(15)9-4-10-20-12-13-7-8-13/h1-3,5-6,13,16-17H,4,7-12H2. The normalized spacial score (nSPS) is 22.5. The predicted octanol–water partition coefficient (Wildman–Crippen LogP) is 1.93. The Morgan fingerprint density at radius 1 is 1.25 bits per heavy atom. The molecule has 2 fully saturated rings. The van der Waals surface area contributed by atoms with Crippen molar-refractivity contribution in [2.75, 3.05) is 26.3 Å². The number of amides is 1. The molecule has 1 aliphatic heterocycles. The van der Waals surface area contributed by atoms with E-state index in [-0.39, 0.29) is 12.1 Å². The number of carbonyl (C=O) groups is 1. The van der Waals surface area contributed by atoms with E-state index >= 15 is 0 Å². The van der Waals surface area contributed by atoms with E-state index < -0.39 is 0 Å². The van der Waals surface area contributed by atoms with E-state index in [9.17, 15) is 4.79 Å². The zero-order valence-electron chi connectivity index (χ0n) is 11.8. The van der Waals surface area contributed by atoms with Gasteiger partial charge in [0.25, 0.3) is 0 Å². The molecule has 3 rings (SSSR count). The van der Waals surface area contributed by atoms with E-state index in [1.54, 1.807) is 0 Å². The van der Waals surface area contributed by atoms with Gasteiger partial charge in [-0.25, -0.2) is 0 Å². The molecule has 108 valence electrons. The Kier molecular flexibility index (Phi) is 4.33. The maximum absolute atomic E-state index is 12.0. The first-order valence-electron chi connectivity index (χ1n) is 7.50. The zero-order chi connectivity index (χ0) is 13.8. The van der Waals surface area contributed by atoms with Gasteiger partial charge in [0.05, 0.1) is 6.54 Å². The average molecular weight is 274 g/mol. The number of rotatable bonds is 7. The monoisotopic (exact) mass is 274 g/mol. The number of carbonyl (C=O) groups excluding carboxylic acids is 1. The number of ether oxygens (including phenoxy) is 1. The highest BCUT2D eigenvalue weighted by molar-refractivity contribution is 5.80. The third kappa shape index (κ3) is 3.38. The minimum Gasteiger partial charge on any atom is -0.381 e. The zero-order valence-corrected chi connectivity index (χ0v) is 11.8. The molecule has 1 amide bonds. The van der Waals surface area contributed by atoms with Crippen LogP contribution < -0.4 is 5.32 Å². The minimum atomic E-state index is 0.0205. The highest BCUT2D eigenvalue weighted by Crippen LogP contribution is 2.28. The lowest BCUT2D eigenvalue weighted by Crippen LogP contribution is -2.31. The van der Waals surface area contributed by atoms with Gasteiger partial charge in [0.2, 0.25) is 5.91 Å². The van der Waals surface area contributed by atoms with Gasteiger partial charge >= 0.3 is 0 Å². The molecule has 1 aromatic carbocycles. The van der Waals surface area contributed by atoms with E-state index in [1.807, 2.05) is 23.1 Å². The van der Waals surface area contributed by atoms with Crippen LogP contribution in [0.1, 0.15) is 31.0 Å². The lowest BCUT2D eigenvalue weighted by molar-refractivity contribution is -0.128. The second kappa shape index (κ2) is 6.37. The van der Waals surface area contributed by atoms with Crippen LogP contribution in [0.4, 0.5) is 0 Å². The lowest BCUT2D eigenvalue weighted by Gasteiger charge is -2.24. The van der Waals surface area contributed by atoms with Crippen LogP contribution >= 0.6 is 0 Å². The van der Waals surface area contributed by atoms with E-state index in [2.05, 4.69) is 17.4 Å². The van der Waals surface area contributed by atoms with Crippen LogP contribution in [0.3, 0.4) is 0 Å². The van der Waals surface area contributed by atoms with Crippen molar-refractivity contribution < 1.29 is 9.53 Å². The first kappa shape index (κ1) is 13.6. The van der Waals surface area contributed by atoms with E-state index in [1.165, 1.54) is 12.8 Å². The molecule has 1 saturated carbocycles. The summed E-state index contributed by atoms with van der Waals surface area (Å²) in [4.78, 5) is 13.9. The highest BCUT2D eigenvalue weighted by Gasteiger charge is 2.30. The number of benzene rings is 1. The molecular weight excluding hydrogens is 252 g/mol. The molecule has 0 bridgehead atoms. The van der Waals surface area contributed by atoms with E-state index in [0.717, 1.165) is 37.7 Å². The Morgan fingerprint density at radius 3 is 2.80 bits per heavy atom. The van der Waals surface area contributed by atoms with Gasteiger partial charge in [-0.15, -0.1) is 0 Å². The van der Waals surface area contributed by atoms with Crippen LogP contribution in [-0.2, 0) is 9.53 Å². The quantitative estimate of drug-likeness (QED) is 0.773. The van der Waals surface area contributed by atoms with Gasteiger partial charge in [0.1, 0.15) is 6.17 Å². The van der Waals surface area contributed by atoms with Gasteiger partial charge < -0.3 is 9.64 Å². The van der Waals surface area contributed by atoms with Crippen molar-refractivity contribution in [1.82, 2.24) is 10.2 Å². The first-order chi connectivity index (χ1) is 9.84. The van der Waals surface area contributed by atoms with E-state index in [4.69, 9.17) is 4.74 Å². The second-order valence-electron chi connectivity index (χ2n) is 5.65. The van der Waals surface area contributed by atoms with Crippen molar-refractivity contribution in [2.24, 2.45) is 5.92 Å². The topological polar surface area (TPSA) is 41.6 Å². The Hall–Kier alpha value is -1.39. The van der Waals surface area contributed by atoms with Crippen LogP contribution in [0, 0.1) is 5.92 Å². The van der Waals surface area contributed by atoms with Crippen LogP contribution in [0.15, 0.2) is 30.3 Å². The highest BCUT2D eigenvalue weighted by atomic mass is 16.5. The molecule has 1 atom stereocenters. The molecule has 1 heterocycles. The number of hydrogen-bond acceptors (Lipinski definition) is 3. The summed E-state index contributed by atoms with van der Waals surface area (Å²) < 4.78 is 5.64. The largest absolute Gasteiger partial charge is 0.381 e. The summed E-state index contributed by atoms with van der Waals surface area (Å²) in [6.07, 6.45) is 3.57. The predicted molar refractivity (Wildman–Crippen MR) is 77.1 cm³/mol. The molecule has 1 aromatic rings. The fourth-order valence-corrected chi connectivity index (χ4v) is 2.60. The minimum absolute atomic E-state index is 0.0205. The van der Waals surface area contributed by atoms with Crippen LogP contribution in [0.5, 0.6) is 0 Å². The van der Waals surface area contributed by atoms with Crippen LogP contribution in [0.25, 0.3) is 0 Å². The molecule has 1 saturated heterocycles. The molecule has 2 aliphatic rings. The molecule has 20 heavy (non-hydrogen) atoms. The van der Waals surface area contributed by atoms with Crippen molar-refractivity contribution in [3.05, 3.63) is 35.9 Å². The molecule has 1 N–H and O–H groups in total. The Labute approximate surface area is 120 Å². The fraction of sp³-hybridized carbons (Fsp3) is 0.562. The molecule has 0 aromatic heterocycles. The van der Waals surface area contributed by atoms with Gasteiger partial charge in [-0.2, -0.15) is 0 Å². The summed E-state index contributed by atoms with van der Waals surface area (Å²) >= 11 is 0. The third-order valence-electron chi connectivity index (χ3n) is 3.93. The van der Waals surface area contributed by atoms with Crippen molar-refractivity contribution in [3.8, 4) is 0 Å². The third-order valence-corrected chi connectivity index (χ3v) is 3.93. The smallest absolute Gasteiger partial charge is 0.238 e. The average Bonchev–Trinajstić information content (AvgIpc) is 3.23. The summed E-state index contributed by atoms with van der Waals surface area (Å²) in [6, 6.07) is 10.1. The summed E-state index contributed by atoms with van der Waals surface area (Å²) in [7, 11) is 0. The second-order valence-corrected chi connectivity index (χ2v) is 5.65. The number of nitrogens with one attached hydrogen (secondary N) is 1. The molecular formula is C16H22N2O2. The van der Waals surface area contributed by atoms with Gasteiger partial charge in [0, 0.05) is 19.8 Å². The summed E-state index contributed by atoms with van der Waals surface area (Å²) in [5, 5.41) is 3.28. The Balaban J connectivity index is 1.48. The summed E-state index contributed by atoms with van der Waals surface area (Å²) in [6.45, 7) is 2.84. The number of nitrogens with zero attached hydrogens (tertiary/aromatic N) is 1. The van der Waals surface area contributed by atoms with Crippen molar-refractivity contribution in [2.45, 2.75) is 25.4 Å². The lowest BCUT2D eigenvalue weighted by atomic mass is 10.1.